The van der Waals surface area contributed by atoms with E-state index < -0.39 is 0 Å². The number of hydrogen-bond acceptors (Lipinski definition) is 3. The predicted octanol–water partition coefficient (Wildman–Crippen LogP) is 3.34. The summed E-state index contributed by atoms with van der Waals surface area (Å²) >= 11 is 3.61. The minimum Gasteiger partial charge on any atom is -0.399 e. The van der Waals surface area contributed by atoms with E-state index >= 15 is 0 Å². The first kappa shape index (κ1) is 16.0. The molecule has 1 aromatic rings. The van der Waals surface area contributed by atoms with Crippen LogP contribution in [0.2, 0.25) is 0 Å². The van der Waals surface area contributed by atoms with Gasteiger partial charge in [-0.25, -0.2) is 0 Å². The summed E-state index contributed by atoms with van der Waals surface area (Å²) in [7, 11) is -0.350. The van der Waals surface area contributed by atoms with Crippen molar-refractivity contribution in [2.24, 2.45) is 5.92 Å². The lowest BCUT2D eigenvalue weighted by Gasteiger charge is -2.32. The Hall–Kier alpha value is -0.385. The van der Waals surface area contributed by atoms with Gasteiger partial charge in [0, 0.05) is 16.1 Å². The number of hydrogen-bond donors (Lipinski definition) is 0. The number of nitrogens with zero attached hydrogens (tertiary/aromatic N) is 1. The van der Waals surface area contributed by atoms with Gasteiger partial charge in [-0.2, -0.15) is 0 Å². The molecule has 1 aliphatic rings. The molecule has 0 radical (unpaired) electrons. The van der Waals surface area contributed by atoms with Crippen molar-refractivity contribution >= 4 is 28.5 Å². The minimum atomic E-state index is -0.350. The Morgan fingerprint density at radius 2 is 1.75 bits per heavy atom. The maximum absolute atomic E-state index is 6.04. The molecule has 0 aromatic carbocycles. The fourth-order valence-electron chi connectivity index (χ4n) is 2.13. The van der Waals surface area contributed by atoms with Crippen LogP contribution in [0.5, 0.6) is 0 Å². The smallest absolute Gasteiger partial charge is 0.399 e. The van der Waals surface area contributed by atoms with E-state index in [1.165, 1.54) is 0 Å². The van der Waals surface area contributed by atoms with Crippen LogP contribution in [0, 0.1) is 5.92 Å². The highest BCUT2D eigenvalue weighted by Crippen LogP contribution is 2.36. The molecule has 0 amide bonds. The average molecular weight is 340 g/mol. The number of pyridine rings is 1. The van der Waals surface area contributed by atoms with E-state index in [4.69, 9.17) is 9.31 Å². The van der Waals surface area contributed by atoms with E-state index in [0.29, 0.717) is 5.92 Å². The van der Waals surface area contributed by atoms with Gasteiger partial charge in [-0.1, -0.05) is 13.8 Å². The molecule has 5 heteroatoms. The van der Waals surface area contributed by atoms with E-state index in [1.807, 2.05) is 6.20 Å². The van der Waals surface area contributed by atoms with Crippen molar-refractivity contribution < 1.29 is 9.31 Å². The second-order valence-corrected chi connectivity index (χ2v) is 7.74. The van der Waals surface area contributed by atoms with Crippen LogP contribution in [0.4, 0.5) is 0 Å². The van der Waals surface area contributed by atoms with Gasteiger partial charge in [0.05, 0.1) is 16.9 Å². The third-order valence-electron chi connectivity index (χ3n) is 4.07. The van der Waals surface area contributed by atoms with Gasteiger partial charge in [-0.05, 0) is 62.0 Å². The molecule has 0 atom stereocenters. The van der Waals surface area contributed by atoms with E-state index in [2.05, 4.69) is 68.5 Å². The Bertz CT molecular complexity index is 487. The molecule has 2 heterocycles. The quantitative estimate of drug-likeness (QED) is 0.791. The minimum absolute atomic E-state index is 0.319. The summed E-state index contributed by atoms with van der Waals surface area (Å²) in [5.41, 5.74) is 1.41. The Labute approximate surface area is 130 Å². The van der Waals surface area contributed by atoms with Crippen LogP contribution >= 0.6 is 15.9 Å². The van der Waals surface area contributed by atoms with Gasteiger partial charge in [-0.15, -0.1) is 0 Å². The summed E-state index contributed by atoms with van der Waals surface area (Å²) in [5.74, 6) is 0.585. The fourth-order valence-corrected chi connectivity index (χ4v) is 2.65. The Morgan fingerprint density at radius 3 is 2.20 bits per heavy atom. The molecular formula is C15H23BBrNO2. The summed E-state index contributed by atoms with van der Waals surface area (Å²) < 4.78 is 13.1. The van der Waals surface area contributed by atoms with Crippen molar-refractivity contribution in [3.63, 3.8) is 0 Å². The zero-order chi connectivity index (χ0) is 15.1. The van der Waals surface area contributed by atoms with Gasteiger partial charge in [0.15, 0.2) is 0 Å². The van der Waals surface area contributed by atoms with Crippen LogP contribution < -0.4 is 5.46 Å². The molecule has 1 aromatic heterocycles. The van der Waals surface area contributed by atoms with Crippen LogP contribution in [0.15, 0.2) is 16.7 Å². The topological polar surface area (TPSA) is 31.4 Å². The second-order valence-electron chi connectivity index (χ2n) is 6.88. The highest BCUT2D eigenvalue weighted by atomic mass is 79.9. The Balaban J connectivity index is 2.22. The lowest BCUT2D eigenvalue weighted by molar-refractivity contribution is 0.00578. The van der Waals surface area contributed by atoms with E-state index in [-0.39, 0.29) is 18.3 Å². The highest BCUT2D eigenvalue weighted by Gasteiger charge is 2.51. The van der Waals surface area contributed by atoms with Gasteiger partial charge in [-0.3, -0.25) is 4.98 Å². The predicted molar refractivity (Wildman–Crippen MR) is 86.2 cm³/mol. The molecule has 0 aliphatic carbocycles. The summed E-state index contributed by atoms with van der Waals surface area (Å²) in [6.07, 6.45) is 2.83. The maximum Gasteiger partial charge on any atom is 0.496 e. The van der Waals surface area contributed by atoms with Gasteiger partial charge in [0.2, 0.25) is 0 Å². The van der Waals surface area contributed by atoms with Crippen LogP contribution in [0.3, 0.4) is 0 Å². The fraction of sp³-hybridized carbons (Fsp3) is 0.667. The van der Waals surface area contributed by atoms with Crippen LogP contribution in [0.25, 0.3) is 0 Å². The van der Waals surface area contributed by atoms with Gasteiger partial charge in [0.25, 0.3) is 0 Å². The number of aromatic nitrogens is 1. The Kier molecular flexibility index (Phi) is 4.34. The molecule has 1 fully saturated rings. The molecule has 20 heavy (non-hydrogen) atoms. The number of rotatable bonds is 3. The Morgan fingerprint density at radius 1 is 1.20 bits per heavy atom. The lowest BCUT2D eigenvalue weighted by atomic mass is 9.80. The number of halogens is 1. The first-order chi connectivity index (χ1) is 9.12. The first-order valence-corrected chi connectivity index (χ1v) is 7.91. The lowest BCUT2D eigenvalue weighted by Crippen LogP contribution is -2.41. The van der Waals surface area contributed by atoms with Crippen molar-refractivity contribution in [1.29, 1.82) is 0 Å². The summed E-state index contributed by atoms with van der Waals surface area (Å²) in [6, 6.07) is 2.06. The van der Waals surface area contributed by atoms with Crippen molar-refractivity contribution in [3.8, 4) is 0 Å². The third kappa shape index (κ3) is 3.10. The largest absolute Gasteiger partial charge is 0.496 e. The maximum atomic E-state index is 6.04. The van der Waals surface area contributed by atoms with Gasteiger partial charge in [0.1, 0.15) is 0 Å². The SMILES string of the molecule is CC(C)Cc1ncc(B2OC(C)(C)C(C)(C)O2)cc1Br. The summed E-state index contributed by atoms with van der Waals surface area (Å²) in [5, 5.41) is 0. The first-order valence-electron chi connectivity index (χ1n) is 7.12. The van der Waals surface area contributed by atoms with Crippen molar-refractivity contribution in [3.05, 3.63) is 22.4 Å². The molecule has 0 saturated carbocycles. The normalized spacial score (nSPS) is 20.7. The van der Waals surface area contributed by atoms with E-state index in [1.54, 1.807) is 0 Å². The summed E-state index contributed by atoms with van der Waals surface area (Å²) in [6.45, 7) is 12.6. The van der Waals surface area contributed by atoms with E-state index in [0.717, 1.165) is 22.1 Å². The van der Waals surface area contributed by atoms with Crippen molar-refractivity contribution in [1.82, 2.24) is 4.98 Å². The van der Waals surface area contributed by atoms with Gasteiger partial charge >= 0.3 is 7.12 Å². The zero-order valence-electron chi connectivity index (χ0n) is 13.2. The monoisotopic (exact) mass is 339 g/mol. The highest BCUT2D eigenvalue weighted by molar-refractivity contribution is 9.10. The standard InChI is InChI=1S/C15H23BBrNO2/c1-10(2)7-13-12(17)8-11(9-18-13)16-19-14(3,4)15(5,6)20-16/h8-10H,7H2,1-6H3. The molecule has 0 bridgehead atoms. The summed E-state index contributed by atoms with van der Waals surface area (Å²) in [4.78, 5) is 4.55. The van der Waals surface area contributed by atoms with Crippen molar-refractivity contribution in [2.75, 3.05) is 0 Å². The second kappa shape index (κ2) is 5.43. The molecule has 110 valence electrons. The molecule has 1 aliphatic heterocycles. The molecular weight excluding hydrogens is 317 g/mol. The van der Waals surface area contributed by atoms with Crippen LogP contribution in [-0.2, 0) is 15.7 Å². The van der Waals surface area contributed by atoms with Crippen LogP contribution in [-0.4, -0.2) is 23.3 Å². The zero-order valence-corrected chi connectivity index (χ0v) is 14.7. The molecule has 1 saturated heterocycles. The molecule has 3 nitrogen and oxygen atoms in total. The molecule has 0 N–H and O–H groups in total. The average Bonchev–Trinajstić information content (AvgIpc) is 2.50. The third-order valence-corrected chi connectivity index (χ3v) is 4.75. The molecule has 0 spiro atoms. The van der Waals surface area contributed by atoms with E-state index in [9.17, 15) is 0 Å². The molecule has 2 rings (SSSR count). The van der Waals surface area contributed by atoms with Gasteiger partial charge < -0.3 is 9.31 Å². The van der Waals surface area contributed by atoms with Crippen molar-refractivity contribution in [2.45, 2.75) is 59.2 Å². The van der Waals surface area contributed by atoms with Crippen LogP contribution in [0.1, 0.15) is 47.2 Å². The molecule has 0 unspecified atom stereocenters.